The van der Waals surface area contributed by atoms with E-state index in [0.29, 0.717) is 23.7 Å². The van der Waals surface area contributed by atoms with Crippen molar-refractivity contribution in [1.29, 1.82) is 0 Å². The van der Waals surface area contributed by atoms with Gasteiger partial charge >= 0.3 is 5.97 Å². The third-order valence-electron chi connectivity index (χ3n) is 3.29. The Morgan fingerprint density at radius 3 is 2.48 bits per heavy atom. The zero-order valence-electron chi connectivity index (χ0n) is 13.1. The first-order valence-electron chi connectivity index (χ1n) is 7.23. The summed E-state index contributed by atoms with van der Waals surface area (Å²) in [4.78, 5) is 27.3. The van der Waals surface area contributed by atoms with Crippen LogP contribution in [0.5, 0.6) is 0 Å². The van der Waals surface area contributed by atoms with Crippen molar-refractivity contribution < 1.29 is 14.7 Å². The Labute approximate surface area is 125 Å². The molecular weight excluding hydrogens is 268 g/mol. The normalized spacial score (nSPS) is 12.2. The molecular formula is C16H24N2O3. The van der Waals surface area contributed by atoms with Crippen molar-refractivity contribution in [2.75, 3.05) is 6.54 Å². The highest BCUT2D eigenvalue weighted by Crippen LogP contribution is 2.15. The molecule has 0 spiro atoms. The summed E-state index contributed by atoms with van der Waals surface area (Å²) < 4.78 is 0. The van der Waals surface area contributed by atoms with Crippen molar-refractivity contribution in [1.82, 2.24) is 10.3 Å². The van der Waals surface area contributed by atoms with Gasteiger partial charge in [0.2, 0.25) is 0 Å². The van der Waals surface area contributed by atoms with E-state index in [1.807, 2.05) is 20.8 Å². The molecule has 0 aromatic carbocycles. The van der Waals surface area contributed by atoms with E-state index in [2.05, 4.69) is 10.3 Å². The molecule has 0 aliphatic heterocycles. The lowest BCUT2D eigenvalue weighted by Gasteiger charge is -2.18. The molecule has 0 aliphatic rings. The second kappa shape index (κ2) is 7.76. The fraction of sp³-hybridized carbons (Fsp3) is 0.562. The van der Waals surface area contributed by atoms with Gasteiger partial charge in [-0.25, -0.2) is 0 Å². The van der Waals surface area contributed by atoms with E-state index >= 15 is 0 Å². The van der Waals surface area contributed by atoms with Gasteiger partial charge in [0.15, 0.2) is 0 Å². The molecule has 0 unspecified atom stereocenters. The largest absolute Gasteiger partial charge is 0.481 e. The van der Waals surface area contributed by atoms with Gasteiger partial charge < -0.3 is 10.4 Å². The minimum Gasteiger partial charge on any atom is -0.481 e. The van der Waals surface area contributed by atoms with Crippen LogP contribution in [-0.2, 0) is 4.79 Å². The molecule has 0 radical (unpaired) electrons. The molecule has 1 atom stereocenters. The highest BCUT2D eigenvalue weighted by molar-refractivity contribution is 5.95. The number of aliphatic carboxylic acids is 1. The Morgan fingerprint density at radius 1 is 1.29 bits per heavy atom. The summed E-state index contributed by atoms with van der Waals surface area (Å²) in [5, 5.41) is 11.8. The van der Waals surface area contributed by atoms with Crippen molar-refractivity contribution in [3.63, 3.8) is 0 Å². The molecule has 0 saturated heterocycles. The number of carbonyl (C=O) groups excluding carboxylic acids is 1. The quantitative estimate of drug-likeness (QED) is 0.809. The second-order valence-corrected chi connectivity index (χ2v) is 5.89. The predicted molar refractivity (Wildman–Crippen MR) is 81.2 cm³/mol. The Balaban J connectivity index is 2.65. The number of carboxylic acid groups (broad SMARTS) is 1. The molecule has 0 saturated carbocycles. The van der Waals surface area contributed by atoms with Crippen molar-refractivity contribution in [3.05, 3.63) is 29.1 Å². The lowest BCUT2D eigenvalue weighted by molar-refractivity contribution is -0.138. The number of carbonyl (C=O) groups is 2. The number of carboxylic acids is 1. The number of amides is 1. The average Bonchev–Trinajstić information content (AvgIpc) is 2.34. The Hall–Kier alpha value is -1.91. The fourth-order valence-corrected chi connectivity index (χ4v) is 2.41. The van der Waals surface area contributed by atoms with Gasteiger partial charge in [0.05, 0.1) is 11.3 Å². The average molecular weight is 292 g/mol. The molecule has 0 fully saturated rings. The smallest absolute Gasteiger partial charge is 0.303 e. The van der Waals surface area contributed by atoms with Crippen LogP contribution in [0.3, 0.4) is 0 Å². The van der Waals surface area contributed by atoms with Crippen LogP contribution in [0.1, 0.15) is 48.4 Å². The number of nitrogens with one attached hydrogen (secondary N) is 1. The van der Waals surface area contributed by atoms with E-state index in [9.17, 15) is 9.59 Å². The van der Waals surface area contributed by atoms with Crippen LogP contribution in [0.15, 0.2) is 12.1 Å². The van der Waals surface area contributed by atoms with Crippen LogP contribution in [0.25, 0.3) is 0 Å². The molecule has 1 heterocycles. The SMILES string of the molecule is Cc1ccc(C(=O)NC[C@H](CC(=O)O)CC(C)C)c(C)n1. The van der Waals surface area contributed by atoms with Crippen LogP contribution >= 0.6 is 0 Å². The van der Waals surface area contributed by atoms with Crippen molar-refractivity contribution in [2.24, 2.45) is 11.8 Å². The van der Waals surface area contributed by atoms with Gasteiger partial charge in [-0.2, -0.15) is 0 Å². The van der Waals surface area contributed by atoms with Crippen LogP contribution < -0.4 is 5.32 Å². The Morgan fingerprint density at radius 2 is 1.95 bits per heavy atom. The third kappa shape index (κ3) is 5.94. The third-order valence-corrected chi connectivity index (χ3v) is 3.29. The number of nitrogens with zero attached hydrogens (tertiary/aromatic N) is 1. The van der Waals surface area contributed by atoms with Gasteiger partial charge in [-0.15, -0.1) is 0 Å². The van der Waals surface area contributed by atoms with E-state index in [1.165, 1.54) is 0 Å². The summed E-state index contributed by atoms with van der Waals surface area (Å²) in [6.07, 6.45) is 0.849. The number of hydrogen-bond donors (Lipinski definition) is 2. The number of hydrogen-bond acceptors (Lipinski definition) is 3. The molecule has 1 amide bonds. The molecule has 0 aliphatic carbocycles. The molecule has 1 rings (SSSR count). The van der Waals surface area contributed by atoms with Crippen molar-refractivity contribution in [3.8, 4) is 0 Å². The predicted octanol–water partition coefficient (Wildman–Crippen LogP) is 2.57. The monoisotopic (exact) mass is 292 g/mol. The van der Waals surface area contributed by atoms with Gasteiger partial charge in [0, 0.05) is 18.7 Å². The number of pyridine rings is 1. The van der Waals surface area contributed by atoms with Crippen molar-refractivity contribution in [2.45, 2.75) is 40.5 Å². The minimum atomic E-state index is -0.830. The summed E-state index contributed by atoms with van der Waals surface area (Å²) in [5.74, 6) is -0.679. The maximum Gasteiger partial charge on any atom is 0.303 e. The molecule has 0 bridgehead atoms. The number of aryl methyl sites for hydroxylation is 2. The fourth-order valence-electron chi connectivity index (χ4n) is 2.41. The second-order valence-electron chi connectivity index (χ2n) is 5.89. The topological polar surface area (TPSA) is 79.3 Å². The van der Waals surface area contributed by atoms with Crippen LogP contribution in [0, 0.1) is 25.7 Å². The van der Waals surface area contributed by atoms with E-state index < -0.39 is 5.97 Å². The number of rotatable bonds is 7. The standard InChI is InChI=1S/C16H24N2O3/c1-10(2)7-13(8-15(19)20)9-17-16(21)14-6-5-11(3)18-12(14)4/h5-6,10,13H,7-9H2,1-4H3,(H,17,21)(H,19,20)/t13-/m0/s1. The maximum absolute atomic E-state index is 12.2. The van der Waals surface area contributed by atoms with Gasteiger partial charge in [0.25, 0.3) is 5.91 Å². The van der Waals surface area contributed by atoms with E-state index in [-0.39, 0.29) is 18.2 Å². The first kappa shape index (κ1) is 17.1. The minimum absolute atomic E-state index is 0.0508. The number of aromatic nitrogens is 1. The summed E-state index contributed by atoms with van der Waals surface area (Å²) in [6, 6.07) is 3.55. The first-order valence-corrected chi connectivity index (χ1v) is 7.23. The molecule has 1 aromatic heterocycles. The molecule has 5 heteroatoms. The van der Waals surface area contributed by atoms with Gasteiger partial charge in [-0.05, 0) is 44.2 Å². The molecule has 1 aromatic rings. The highest BCUT2D eigenvalue weighted by Gasteiger charge is 2.17. The summed E-state index contributed by atoms with van der Waals surface area (Å²) in [7, 11) is 0. The summed E-state index contributed by atoms with van der Waals surface area (Å²) in [6.45, 7) is 8.14. The lowest BCUT2D eigenvalue weighted by atomic mass is 9.94. The van der Waals surface area contributed by atoms with Crippen LogP contribution in [0.4, 0.5) is 0 Å². The Kier molecular flexibility index (Phi) is 6.34. The van der Waals surface area contributed by atoms with Crippen LogP contribution in [-0.4, -0.2) is 28.5 Å². The lowest BCUT2D eigenvalue weighted by Crippen LogP contribution is -2.31. The van der Waals surface area contributed by atoms with Gasteiger partial charge in [-0.3, -0.25) is 14.6 Å². The molecule has 5 nitrogen and oxygen atoms in total. The summed E-state index contributed by atoms with van der Waals surface area (Å²) in [5.41, 5.74) is 2.10. The first-order chi connectivity index (χ1) is 9.79. The Bertz CT molecular complexity index is 512. The molecule has 116 valence electrons. The zero-order valence-corrected chi connectivity index (χ0v) is 13.1. The zero-order chi connectivity index (χ0) is 16.0. The van der Waals surface area contributed by atoms with E-state index in [1.54, 1.807) is 19.1 Å². The van der Waals surface area contributed by atoms with Gasteiger partial charge in [0.1, 0.15) is 0 Å². The van der Waals surface area contributed by atoms with Gasteiger partial charge in [-0.1, -0.05) is 13.8 Å². The van der Waals surface area contributed by atoms with Crippen LogP contribution in [0.2, 0.25) is 0 Å². The maximum atomic E-state index is 12.2. The van der Waals surface area contributed by atoms with Crippen molar-refractivity contribution >= 4 is 11.9 Å². The summed E-state index contributed by atoms with van der Waals surface area (Å²) >= 11 is 0. The molecule has 2 N–H and O–H groups in total. The van der Waals surface area contributed by atoms with E-state index in [4.69, 9.17) is 5.11 Å². The molecule has 21 heavy (non-hydrogen) atoms. The van der Waals surface area contributed by atoms with E-state index in [0.717, 1.165) is 12.1 Å². The highest BCUT2D eigenvalue weighted by atomic mass is 16.4.